The zero-order valence-corrected chi connectivity index (χ0v) is 21.4. The maximum absolute atomic E-state index is 13.5. The van der Waals surface area contributed by atoms with E-state index in [-0.39, 0.29) is 32.2 Å². The van der Waals surface area contributed by atoms with Gasteiger partial charge < -0.3 is 14.9 Å². The summed E-state index contributed by atoms with van der Waals surface area (Å²) < 4.78 is 19.9. The highest BCUT2D eigenvalue weighted by Crippen LogP contribution is 2.47. The van der Waals surface area contributed by atoms with E-state index in [0.29, 0.717) is 11.1 Å². The number of benzene rings is 3. The molecule has 0 spiro atoms. The Labute approximate surface area is 217 Å². The number of amides is 1. The standard InChI is InChI=1S/C26H18BrFN2O5S/c1-12-3-8-17-19(9-12)36-26(29-17)30-21(14-10-16(27)23(32)18(11-14)35-2)20(24(33)25(30)34)22(31)13-4-6-15(28)7-5-13/h3-11,21,31-32H,1-2H3/b22-20+. The number of nitrogens with zero attached hydrogens (tertiary/aromatic N) is 2. The van der Waals surface area contributed by atoms with E-state index in [0.717, 1.165) is 22.4 Å². The number of ketones is 1. The van der Waals surface area contributed by atoms with Gasteiger partial charge in [0.2, 0.25) is 0 Å². The predicted octanol–water partition coefficient (Wildman–Crippen LogP) is 5.85. The number of aryl methyl sites for hydroxylation is 1. The molecule has 36 heavy (non-hydrogen) atoms. The first-order chi connectivity index (χ1) is 17.2. The summed E-state index contributed by atoms with van der Waals surface area (Å²) in [6.07, 6.45) is 0. The van der Waals surface area contributed by atoms with Gasteiger partial charge in [0.1, 0.15) is 11.6 Å². The van der Waals surface area contributed by atoms with Crippen LogP contribution in [0.5, 0.6) is 11.5 Å². The summed E-state index contributed by atoms with van der Waals surface area (Å²) in [7, 11) is 1.37. The van der Waals surface area contributed by atoms with Crippen molar-refractivity contribution in [3.63, 3.8) is 0 Å². The molecular formula is C26H18BrFN2O5S. The van der Waals surface area contributed by atoms with Gasteiger partial charge >= 0.3 is 5.91 Å². The van der Waals surface area contributed by atoms with E-state index >= 15 is 0 Å². The number of methoxy groups -OCH3 is 1. The number of carbonyl (C=O) groups is 2. The Morgan fingerprint density at radius 3 is 2.56 bits per heavy atom. The van der Waals surface area contributed by atoms with Crippen molar-refractivity contribution in [2.24, 2.45) is 0 Å². The van der Waals surface area contributed by atoms with Crippen LogP contribution in [-0.4, -0.2) is 34.0 Å². The number of hydrogen-bond acceptors (Lipinski definition) is 7. The molecule has 182 valence electrons. The number of rotatable bonds is 4. The molecule has 10 heteroatoms. The van der Waals surface area contributed by atoms with Gasteiger partial charge in [0.05, 0.1) is 33.4 Å². The number of aromatic nitrogens is 1. The largest absolute Gasteiger partial charge is 0.507 e. The average molecular weight is 569 g/mol. The predicted molar refractivity (Wildman–Crippen MR) is 138 cm³/mol. The Kier molecular flexibility index (Phi) is 6.01. The molecule has 0 radical (unpaired) electrons. The number of thiazole rings is 1. The quantitative estimate of drug-likeness (QED) is 0.182. The molecule has 1 unspecified atom stereocenters. The molecule has 0 aliphatic carbocycles. The van der Waals surface area contributed by atoms with E-state index in [1.165, 1.54) is 47.6 Å². The topological polar surface area (TPSA) is 100.0 Å². The number of halogens is 2. The van der Waals surface area contributed by atoms with Crippen LogP contribution in [0.4, 0.5) is 9.52 Å². The number of aliphatic hydroxyl groups excluding tert-OH is 1. The lowest BCUT2D eigenvalue weighted by molar-refractivity contribution is -0.132. The SMILES string of the molecule is COc1cc(C2/C(=C(\O)c3ccc(F)cc3)C(=O)C(=O)N2c2nc3ccc(C)cc3s2)cc(Br)c1O. The number of fused-ring (bicyclic) bond motifs is 1. The summed E-state index contributed by atoms with van der Waals surface area (Å²) in [4.78, 5) is 32.5. The van der Waals surface area contributed by atoms with Crippen LogP contribution < -0.4 is 9.64 Å². The van der Waals surface area contributed by atoms with Crippen LogP contribution in [0, 0.1) is 12.7 Å². The molecule has 1 atom stereocenters. The summed E-state index contributed by atoms with van der Waals surface area (Å²) >= 11 is 4.52. The summed E-state index contributed by atoms with van der Waals surface area (Å²) in [6.45, 7) is 1.94. The molecule has 3 aromatic carbocycles. The highest BCUT2D eigenvalue weighted by Gasteiger charge is 2.48. The van der Waals surface area contributed by atoms with Crippen molar-refractivity contribution in [3.8, 4) is 11.5 Å². The lowest BCUT2D eigenvalue weighted by atomic mass is 9.95. The molecule has 0 bridgehead atoms. The number of phenolic OH excluding ortho intramolecular Hbond substituents is 1. The molecule has 1 aliphatic heterocycles. The zero-order valence-electron chi connectivity index (χ0n) is 19.0. The van der Waals surface area contributed by atoms with E-state index in [1.54, 1.807) is 0 Å². The van der Waals surface area contributed by atoms with Crippen molar-refractivity contribution < 1.29 is 28.9 Å². The van der Waals surface area contributed by atoms with Crippen LogP contribution in [0.1, 0.15) is 22.7 Å². The smallest absolute Gasteiger partial charge is 0.301 e. The first-order valence-corrected chi connectivity index (χ1v) is 12.3. The average Bonchev–Trinajstić information content (AvgIpc) is 3.38. The minimum absolute atomic E-state index is 0.103. The number of anilines is 1. The molecule has 1 saturated heterocycles. The summed E-state index contributed by atoms with van der Waals surface area (Å²) in [5, 5.41) is 21.8. The van der Waals surface area contributed by atoms with Gasteiger partial charge in [-0.25, -0.2) is 9.37 Å². The number of Topliss-reactive ketones (excluding diaryl/α,β-unsaturated/α-hetero) is 1. The summed E-state index contributed by atoms with van der Waals surface area (Å²) in [5.74, 6) is -2.82. The van der Waals surface area contributed by atoms with Crippen LogP contribution in [0.3, 0.4) is 0 Å². The van der Waals surface area contributed by atoms with Gasteiger partial charge in [0.25, 0.3) is 5.78 Å². The molecule has 1 aliphatic rings. The summed E-state index contributed by atoms with van der Waals surface area (Å²) in [6, 6.07) is 12.5. The molecule has 1 fully saturated rings. The fourth-order valence-corrected chi connectivity index (χ4v) is 5.69. The van der Waals surface area contributed by atoms with Gasteiger partial charge in [-0.15, -0.1) is 0 Å². The molecule has 4 aromatic rings. The maximum Gasteiger partial charge on any atom is 0.301 e. The third-order valence-electron chi connectivity index (χ3n) is 5.89. The van der Waals surface area contributed by atoms with E-state index in [4.69, 9.17) is 4.74 Å². The van der Waals surface area contributed by atoms with Gasteiger partial charge in [0.15, 0.2) is 16.6 Å². The van der Waals surface area contributed by atoms with Gasteiger partial charge in [-0.3, -0.25) is 14.5 Å². The first kappa shape index (κ1) is 24.0. The van der Waals surface area contributed by atoms with Crippen LogP contribution in [0.25, 0.3) is 16.0 Å². The van der Waals surface area contributed by atoms with Crippen LogP contribution >= 0.6 is 27.3 Å². The second-order valence-corrected chi connectivity index (χ2v) is 10.1. The molecule has 0 saturated carbocycles. The monoisotopic (exact) mass is 568 g/mol. The fourth-order valence-electron chi connectivity index (χ4n) is 4.14. The Morgan fingerprint density at radius 1 is 1.14 bits per heavy atom. The van der Waals surface area contributed by atoms with Gasteiger partial charge in [0, 0.05) is 5.56 Å². The van der Waals surface area contributed by atoms with Crippen LogP contribution in [0.2, 0.25) is 0 Å². The highest BCUT2D eigenvalue weighted by atomic mass is 79.9. The number of carbonyl (C=O) groups excluding carboxylic acids is 2. The molecular weight excluding hydrogens is 551 g/mol. The minimum Gasteiger partial charge on any atom is -0.507 e. The second kappa shape index (κ2) is 9.03. The Bertz CT molecular complexity index is 1580. The third-order valence-corrected chi connectivity index (χ3v) is 7.51. The number of phenols is 1. The Morgan fingerprint density at radius 2 is 1.86 bits per heavy atom. The summed E-state index contributed by atoms with van der Waals surface area (Å²) in [5.41, 5.74) is 2.03. The van der Waals surface area contributed by atoms with Crippen molar-refractivity contribution in [1.29, 1.82) is 0 Å². The van der Waals surface area contributed by atoms with Gasteiger partial charge in [-0.1, -0.05) is 17.4 Å². The van der Waals surface area contributed by atoms with Crippen LogP contribution in [0.15, 0.2) is 64.6 Å². The van der Waals surface area contributed by atoms with Crippen molar-refractivity contribution >= 4 is 60.1 Å². The Hall–Kier alpha value is -3.76. The number of hydrogen-bond donors (Lipinski definition) is 2. The fraction of sp³-hybridized carbons (Fsp3) is 0.115. The minimum atomic E-state index is -1.09. The number of ether oxygens (including phenoxy) is 1. The van der Waals surface area contributed by atoms with Crippen LogP contribution in [-0.2, 0) is 9.59 Å². The number of aliphatic hydroxyl groups is 1. The lowest BCUT2D eigenvalue weighted by Gasteiger charge is -2.24. The van der Waals surface area contributed by atoms with E-state index in [2.05, 4.69) is 20.9 Å². The highest BCUT2D eigenvalue weighted by molar-refractivity contribution is 9.10. The Balaban J connectivity index is 1.77. The lowest BCUT2D eigenvalue weighted by Crippen LogP contribution is -2.29. The van der Waals surface area contributed by atoms with Crippen molar-refractivity contribution in [3.05, 3.63) is 87.2 Å². The molecule has 2 heterocycles. The third kappa shape index (κ3) is 3.92. The second-order valence-electron chi connectivity index (χ2n) is 8.20. The molecule has 5 rings (SSSR count). The molecule has 1 aromatic heterocycles. The van der Waals surface area contributed by atoms with Crippen molar-refractivity contribution in [2.45, 2.75) is 13.0 Å². The molecule has 7 nitrogen and oxygen atoms in total. The maximum atomic E-state index is 13.5. The zero-order chi connectivity index (χ0) is 25.7. The number of aromatic hydroxyl groups is 1. The van der Waals surface area contributed by atoms with Crippen molar-refractivity contribution in [2.75, 3.05) is 12.0 Å². The van der Waals surface area contributed by atoms with Crippen molar-refractivity contribution in [1.82, 2.24) is 4.98 Å². The molecule has 2 N–H and O–H groups in total. The van der Waals surface area contributed by atoms with Gasteiger partial charge in [-0.05, 0) is 82.5 Å². The van der Waals surface area contributed by atoms with E-state index in [1.807, 2.05) is 25.1 Å². The van der Waals surface area contributed by atoms with Gasteiger partial charge in [-0.2, -0.15) is 0 Å². The first-order valence-electron chi connectivity index (χ1n) is 10.7. The molecule has 1 amide bonds. The van der Waals surface area contributed by atoms with E-state index in [9.17, 15) is 24.2 Å². The van der Waals surface area contributed by atoms with E-state index < -0.39 is 29.3 Å². The normalized spacial score (nSPS) is 17.2.